The van der Waals surface area contributed by atoms with Crippen molar-refractivity contribution >= 4 is 11.6 Å². The second kappa shape index (κ2) is 6.93. The number of rotatable bonds is 3. The molecular formula is C19H23N3O2. The first kappa shape index (κ1) is 16.3. The second-order valence-electron chi connectivity index (χ2n) is 6.03. The number of amides is 1. The molecule has 5 heteroatoms. The molecule has 3 N–H and O–H groups in total. The maximum absolute atomic E-state index is 13.2. The molecule has 0 aromatic heterocycles. The zero-order chi connectivity index (χ0) is 17.1. The van der Waals surface area contributed by atoms with Crippen LogP contribution in [0.4, 0.5) is 5.69 Å². The Labute approximate surface area is 142 Å². The van der Waals surface area contributed by atoms with E-state index in [2.05, 4.69) is 5.32 Å². The van der Waals surface area contributed by atoms with Gasteiger partial charge in [0.1, 0.15) is 5.75 Å². The minimum Gasteiger partial charge on any atom is -0.496 e. The molecule has 0 aliphatic carbocycles. The Morgan fingerprint density at radius 3 is 2.88 bits per heavy atom. The highest BCUT2D eigenvalue weighted by Crippen LogP contribution is 2.31. The predicted molar refractivity (Wildman–Crippen MR) is 95.2 cm³/mol. The topological polar surface area (TPSA) is 67.6 Å². The first-order valence-corrected chi connectivity index (χ1v) is 8.12. The summed E-state index contributed by atoms with van der Waals surface area (Å²) in [6.07, 6.45) is 0. The second-order valence-corrected chi connectivity index (χ2v) is 6.03. The van der Waals surface area contributed by atoms with E-state index in [-0.39, 0.29) is 11.9 Å². The van der Waals surface area contributed by atoms with Crippen LogP contribution in [0.1, 0.15) is 27.5 Å². The van der Waals surface area contributed by atoms with Crippen LogP contribution in [0.2, 0.25) is 0 Å². The van der Waals surface area contributed by atoms with Crippen molar-refractivity contribution in [3.8, 4) is 5.75 Å². The van der Waals surface area contributed by atoms with E-state index in [1.807, 2.05) is 48.2 Å². The van der Waals surface area contributed by atoms with Gasteiger partial charge in [0, 0.05) is 36.4 Å². The average molecular weight is 325 g/mol. The van der Waals surface area contributed by atoms with Crippen molar-refractivity contribution in [1.82, 2.24) is 10.2 Å². The third-order valence-corrected chi connectivity index (χ3v) is 4.49. The SMILES string of the molecule is COc1ccccc1C1CNCCN1C(=O)c1cc(N)ccc1C. The first-order chi connectivity index (χ1) is 11.6. The summed E-state index contributed by atoms with van der Waals surface area (Å²) in [4.78, 5) is 15.1. The third-order valence-electron chi connectivity index (χ3n) is 4.49. The maximum atomic E-state index is 13.2. The average Bonchev–Trinajstić information content (AvgIpc) is 2.63. The van der Waals surface area contributed by atoms with E-state index in [9.17, 15) is 4.79 Å². The zero-order valence-corrected chi connectivity index (χ0v) is 14.1. The lowest BCUT2D eigenvalue weighted by Gasteiger charge is -2.37. The molecule has 24 heavy (non-hydrogen) atoms. The number of nitrogens with zero attached hydrogens (tertiary/aromatic N) is 1. The van der Waals surface area contributed by atoms with Crippen molar-refractivity contribution in [2.24, 2.45) is 0 Å². The van der Waals surface area contributed by atoms with Crippen LogP contribution in [0.5, 0.6) is 5.75 Å². The fraction of sp³-hybridized carbons (Fsp3) is 0.316. The Hall–Kier alpha value is -2.53. The number of anilines is 1. The maximum Gasteiger partial charge on any atom is 0.254 e. The molecule has 5 nitrogen and oxygen atoms in total. The van der Waals surface area contributed by atoms with Gasteiger partial charge in [0.05, 0.1) is 13.2 Å². The highest BCUT2D eigenvalue weighted by molar-refractivity contribution is 5.97. The van der Waals surface area contributed by atoms with Gasteiger partial charge in [-0.2, -0.15) is 0 Å². The summed E-state index contributed by atoms with van der Waals surface area (Å²) >= 11 is 0. The summed E-state index contributed by atoms with van der Waals surface area (Å²) in [5.41, 5.74) is 9.10. The molecule has 1 fully saturated rings. The van der Waals surface area contributed by atoms with Gasteiger partial charge in [-0.05, 0) is 30.7 Å². The monoisotopic (exact) mass is 325 g/mol. The zero-order valence-electron chi connectivity index (χ0n) is 14.1. The standard InChI is InChI=1S/C19H23N3O2/c1-13-7-8-14(20)11-16(13)19(23)22-10-9-21-12-17(22)15-5-3-4-6-18(15)24-2/h3-8,11,17,21H,9-10,12,20H2,1-2H3. The smallest absolute Gasteiger partial charge is 0.254 e. The van der Waals surface area contributed by atoms with E-state index in [1.165, 1.54) is 0 Å². The van der Waals surface area contributed by atoms with Gasteiger partial charge < -0.3 is 20.7 Å². The van der Waals surface area contributed by atoms with Gasteiger partial charge in [0.2, 0.25) is 0 Å². The van der Waals surface area contributed by atoms with Gasteiger partial charge in [-0.3, -0.25) is 4.79 Å². The lowest BCUT2D eigenvalue weighted by Crippen LogP contribution is -2.49. The van der Waals surface area contributed by atoms with Crippen LogP contribution < -0.4 is 15.8 Å². The molecule has 1 aliphatic rings. The molecule has 0 saturated carbocycles. The first-order valence-electron chi connectivity index (χ1n) is 8.12. The molecular weight excluding hydrogens is 302 g/mol. The minimum absolute atomic E-state index is 0.0113. The number of nitrogens with one attached hydrogen (secondary N) is 1. The number of para-hydroxylation sites is 1. The number of carbonyl (C=O) groups excluding carboxylic acids is 1. The van der Waals surface area contributed by atoms with Crippen molar-refractivity contribution < 1.29 is 9.53 Å². The summed E-state index contributed by atoms with van der Waals surface area (Å²) in [5.74, 6) is 0.811. The molecule has 0 radical (unpaired) electrons. The van der Waals surface area contributed by atoms with Gasteiger partial charge >= 0.3 is 0 Å². The largest absolute Gasteiger partial charge is 0.496 e. The molecule has 0 spiro atoms. The Kier molecular flexibility index (Phi) is 4.71. The summed E-state index contributed by atoms with van der Waals surface area (Å²) in [6, 6.07) is 13.3. The molecule has 1 unspecified atom stereocenters. The van der Waals surface area contributed by atoms with Gasteiger partial charge in [-0.15, -0.1) is 0 Å². The van der Waals surface area contributed by atoms with Crippen LogP contribution in [-0.4, -0.2) is 37.6 Å². The van der Waals surface area contributed by atoms with Crippen LogP contribution in [0.25, 0.3) is 0 Å². The molecule has 3 rings (SSSR count). The lowest BCUT2D eigenvalue weighted by molar-refractivity contribution is 0.0631. The number of benzene rings is 2. The fourth-order valence-corrected chi connectivity index (χ4v) is 3.19. The van der Waals surface area contributed by atoms with E-state index in [1.54, 1.807) is 13.2 Å². The Balaban J connectivity index is 1.98. The number of piperazine rings is 1. The number of nitrogens with two attached hydrogens (primary N) is 1. The van der Waals surface area contributed by atoms with Gasteiger partial charge in [-0.1, -0.05) is 24.3 Å². The molecule has 0 bridgehead atoms. The molecule has 2 aromatic carbocycles. The highest BCUT2D eigenvalue weighted by atomic mass is 16.5. The number of nitrogen functional groups attached to an aromatic ring is 1. The van der Waals surface area contributed by atoms with Gasteiger partial charge in [0.15, 0.2) is 0 Å². The van der Waals surface area contributed by atoms with Gasteiger partial charge in [0.25, 0.3) is 5.91 Å². The number of hydrogen-bond acceptors (Lipinski definition) is 4. The predicted octanol–water partition coefficient (Wildman–Crippen LogP) is 2.37. The van der Waals surface area contributed by atoms with Crippen LogP contribution in [0.3, 0.4) is 0 Å². The van der Waals surface area contributed by atoms with Crippen LogP contribution in [0.15, 0.2) is 42.5 Å². The molecule has 2 aromatic rings. The number of ether oxygens (including phenoxy) is 1. The summed E-state index contributed by atoms with van der Waals surface area (Å²) < 4.78 is 5.49. The van der Waals surface area contributed by atoms with Gasteiger partial charge in [-0.25, -0.2) is 0 Å². The highest BCUT2D eigenvalue weighted by Gasteiger charge is 2.31. The minimum atomic E-state index is -0.0665. The summed E-state index contributed by atoms with van der Waals surface area (Å²) in [5, 5.41) is 3.37. The van der Waals surface area contributed by atoms with Crippen molar-refractivity contribution in [1.29, 1.82) is 0 Å². The van der Waals surface area contributed by atoms with Crippen LogP contribution in [0, 0.1) is 6.92 Å². The van der Waals surface area contributed by atoms with Crippen molar-refractivity contribution in [3.05, 3.63) is 59.2 Å². The Morgan fingerprint density at radius 1 is 1.29 bits per heavy atom. The molecule has 1 saturated heterocycles. The third kappa shape index (κ3) is 3.08. The van der Waals surface area contributed by atoms with E-state index < -0.39 is 0 Å². The van der Waals surface area contributed by atoms with Crippen molar-refractivity contribution in [2.45, 2.75) is 13.0 Å². The number of hydrogen-bond donors (Lipinski definition) is 2. The Morgan fingerprint density at radius 2 is 2.08 bits per heavy atom. The molecule has 1 heterocycles. The molecule has 1 aliphatic heterocycles. The molecule has 126 valence electrons. The fourth-order valence-electron chi connectivity index (χ4n) is 3.19. The number of carbonyl (C=O) groups is 1. The number of aryl methyl sites for hydroxylation is 1. The quantitative estimate of drug-likeness (QED) is 0.850. The molecule has 1 amide bonds. The van der Waals surface area contributed by atoms with E-state index >= 15 is 0 Å². The van der Waals surface area contributed by atoms with Crippen LogP contribution >= 0.6 is 0 Å². The number of methoxy groups -OCH3 is 1. The summed E-state index contributed by atoms with van der Waals surface area (Å²) in [7, 11) is 1.66. The molecule has 1 atom stereocenters. The van der Waals surface area contributed by atoms with Crippen molar-refractivity contribution in [3.63, 3.8) is 0 Å². The van der Waals surface area contributed by atoms with Crippen molar-refractivity contribution in [2.75, 3.05) is 32.5 Å². The Bertz CT molecular complexity index is 745. The lowest BCUT2D eigenvalue weighted by atomic mass is 9.99. The normalized spacial score (nSPS) is 17.6. The van der Waals surface area contributed by atoms with Crippen LogP contribution in [-0.2, 0) is 0 Å². The van der Waals surface area contributed by atoms with E-state index in [0.29, 0.717) is 24.3 Å². The summed E-state index contributed by atoms with van der Waals surface area (Å²) in [6.45, 7) is 4.06. The van der Waals surface area contributed by atoms with E-state index in [4.69, 9.17) is 10.5 Å². The van der Waals surface area contributed by atoms with E-state index in [0.717, 1.165) is 23.4 Å².